The standard InChI is InChI=1S/C20H27FN2O2/c1-13(2)9-10-22-19(24)18-12-23(20(25)15-3-4-15)11-17(18)14-5-7-16(21)8-6-14/h5-8,13,15,17-18H,3-4,9-12H2,1-2H3,(H,22,24)/t17-,18+/m0/s1. The van der Waals surface area contributed by atoms with Crippen molar-refractivity contribution in [1.29, 1.82) is 0 Å². The van der Waals surface area contributed by atoms with Crippen LogP contribution in [-0.2, 0) is 9.59 Å². The average molecular weight is 346 g/mol. The van der Waals surface area contributed by atoms with E-state index in [0.29, 0.717) is 25.6 Å². The molecule has 0 radical (unpaired) electrons. The van der Waals surface area contributed by atoms with E-state index in [4.69, 9.17) is 0 Å². The lowest BCUT2D eigenvalue weighted by Crippen LogP contribution is -2.36. The second-order valence-electron chi connectivity index (χ2n) is 7.76. The van der Waals surface area contributed by atoms with E-state index in [1.165, 1.54) is 12.1 Å². The van der Waals surface area contributed by atoms with Gasteiger partial charge in [0.1, 0.15) is 5.82 Å². The summed E-state index contributed by atoms with van der Waals surface area (Å²) in [5.41, 5.74) is 0.927. The maximum absolute atomic E-state index is 13.2. The van der Waals surface area contributed by atoms with E-state index in [9.17, 15) is 14.0 Å². The van der Waals surface area contributed by atoms with Crippen molar-refractivity contribution in [2.75, 3.05) is 19.6 Å². The van der Waals surface area contributed by atoms with E-state index >= 15 is 0 Å². The molecule has 0 bridgehead atoms. The minimum atomic E-state index is -0.286. The number of amides is 2. The summed E-state index contributed by atoms with van der Waals surface area (Å²) in [4.78, 5) is 27.0. The molecule has 1 aliphatic carbocycles. The van der Waals surface area contributed by atoms with E-state index < -0.39 is 0 Å². The van der Waals surface area contributed by atoms with Crippen LogP contribution in [-0.4, -0.2) is 36.3 Å². The molecule has 4 nitrogen and oxygen atoms in total. The second kappa shape index (κ2) is 7.54. The third kappa shape index (κ3) is 4.39. The lowest BCUT2D eigenvalue weighted by molar-refractivity contribution is -0.132. The van der Waals surface area contributed by atoms with Crippen LogP contribution in [0, 0.1) is 23.6 Å². The monoisotopic (exact) mass is 346 g/mol. The minimum absolute atomic E-state index is 0.000993. The fourth-order valence-electron chi connectivity index (χ4n) is 3.50. The van der Waals surface area contributed by atoms with E-state index in [1.54, 1.807) is 12.1 Å². The van der Waals surface area contributed by atoms with Crippen LogP contribution in [0.1, 0.15) is 44.6 Å². The van der Waals surface area contributed by atoms with E-state index in [-0.39, 0.29) is 35.4 Å². The van der Waals surface area contributed by atoms with Gasteiger partial charge in [-0.15, -0.1) is 0 Å². The van der Waals surface area contributed by atoms with Gasteiger partial charge in [-0.2, -0.15) is 0 Å². The summed E-state index contributed by atoms with van der Waals surface area (Å²) >= 11 is 0. The van der Waals surface area contributed by atoms with Crippen molar-refractivity contribution in [1.82, 2.24) is 10.2 Å². The molecule has 2 fully saturated rings. The first kappa shape index (κ1) is 17.9. The highest BCUT2D eigenvalue weighted by molar-refractivity contribution is 5.85. The molecule has 1 aromatic carbocycles. The third-order valence-corrected chi connectivity index (χ3v) is 5.21. The molecule has 0 unspecified atom stereocenters. The lowest BCUT2D eigenvalue weighted by atomic mass is 9.88. The number of benzene rings is 1. The molecule has 5 heteroatoms. The van der Waals surface area contributed by atoms with Crippen LogP contribution < -0.4 is 5.32 Å². The van der Waals surface area contributed by atoms with Crippen molar-refractivity contribution in [2.24, 2.45) is 17.8 Å². The Hall–Kier alpha value is -1.91. The summed E-state index contributed by atoms with van der Waals surface area (Å²) in [5, 5.41) is 3.02. The summed E-state index contributed by atoms with van der Waals surface area (Å²) in [6.07, 6.45) is 2.86. The summed E-state index contributed by atoms with van der Waals surface area (Å²) in [6, 6.07) is 6.32. The summed E-state index contributed by atoms with van der Waals surface area (Å²) in [6.45, 7) is 5.91. The van der Waals surface area contributed by atoms with Gasteiger partial charge in [-0.05, 0) is 42.9 Å². The molecule has 3 rings (SSSR count). The van der Waals surface area contributed by atoms with Crippen LogP contribution in [0.5, 0.6) is 0 Å². The van der Waals surface area contributed by atoms with Crippen molar-refractivity contribution in [3.05, 3.63) is 35.6 Å². The maximum Gasteiger partial charge on any atom is 0.225 e. The predicted octanol–water partition coefficient (Wildman–Crippen LogP) is 2.94. The molecule has 2 amide bonds. The molecule has 25 heavy (non-hydrogen) atoms. The first-order valence-corrected chi connectivity index (χ1v) is 9.27. The van der Waals surface area contributed by atoms with Gasteiger partial charge in [0.05, 0.1) is 5.92 Å². The number of rotatable bonds is 6. The maximum atomic E-state index is 13.2. The average Bonchev–Trinajstić information content (AvgIpc) is 3.33. The fourth-order valence-corrected chi connectivity index (χ4v) is 3.50. The first-order chi connectivity index (χ1) is 12.0. The Morgan fingerprint density at radius 1 is 1.20 bits per heavy atom. The molecule has 0 spiro atoms. The molecular weight excluding hydrogens is 319 g/mol. The van der Waals surface area contributed by atoms with Crippen molar-refractivity contribution in [3.63, 3.8) is 0 Å². The van der Waals surface area contributed by atoms with Gasteiger partial charge in [-0.3, -0.25) is 9.59 Å². The van der Waals surface area contributed by atoms with Crippen LogP contribution in [0.3, 0.4) is 0 Å². The Bertz CT molecular complexity index is 625. The molecular formula is C20H27FN2O2. The van der Waals surface area contributed by atoms with E-state index in [0.717, 1.165) is 24.8 Å². The van der Waals surface area contributed by atoms with Crippen LogP contribution in [0.2, 0.25) is 0 Å². The van der Waals surface area contributed by atoms with Crippen molar-refractivity contribution < 1.29 is 14.0 Å². The molecule has 1 saturated heterocycles. The summed E-state index contributed by atoms with van der Waals surface area (Å²) < 4.78 is 13.2. The normalized spacial score (nSPS) is 23.1. The Balaban J connectivity index is 1.72. The number of hydrogen-bond donors (Lipinski definition) is 1. The van der Waals surface area contributed by atoms with E-state index in [2.05, 4.69) is 19.2 Å². The fraction of sp³-hybridized carbons (Fsp3) is 0.600. The molecule has 1 saturated carbocycles. The topological polar surface area (TPSA) is 49.4 Å². The van der Waals surface area contributed by atoms with Crippen molar-refractivity contribution in [3.8, 4) is 0 Å². The molecule has 0 aromatic heterocycles. The van der Waals surface area contributed by atoms with Crippen LogP contribution in [0.15, 0.2) is 24.3 Å². The Morgan fingerprint density at radius 2 is 1.88 bits per heavy atom. The number of halogens is 1. The molecule has 1 aliphatic heterocycles. The second-order valence-corrected chi connectivity index (χ2v) is 7.76. The van der Waals surface area contributed by atoms with Crippen molar-refractivity contribution in [2.45, 2.75) is 39.0 Å². The van der Waals surface area contributed by atoms with Gasteiger partial charge in [-0.25, -0.2) is 4.39 Å². The molecule has 1 heterocycles. The van der Waals surface area contributed by atoms with Gasteiger partial charge in [-0.1, -0.05) is 26.0 Å². The molecule has 2 aliphatic rings. The summed E-state index contributed by atoms with van der Waals surface area (Å²) in [7, 11) is 0. The number of likely N-dealkylation sites (tertiary alicyclic amines) is 1. The first-order valence-electron chi connectivity index (χ1n) is 9.27. The Kier molecular flexibility index (Phi) is 5.40. The van der Waals surface area contributed by atoms with Gasteiger partial charge in [0, 0.05) is 31.5 Å². The molecule has 1 aromatic rings. The van der Waals surface area contributed by atoms with Crippen LogP contribution >= 0.6 is 0 Å². The number of carbonyl (C=O) groups is 2. The zero-order valence-electron chi connectivity index (χ0n) is 15.0. The lowest BCUT2D eigenvalue weighted by Gasteiger charge is -2.18. The highest BCUT2D eigenvalue weighted by Crippen LogP contribution is 2.37. The Morgan fingerprint density at radius 3 is 2.48 bits per heavy atom. The van der Waals surface area contributed by atoms with Gasteiger partial charge in [0.15, 0.2) is 0 Å². The Labute approximate surface area is 148 Å². The number of nitrogens with one attached hydrogen (secondary N) is 1. The largest absolute Gasteiger partial charge is 0.356 e. The third-order valence-electron chi connectivity index (χ3n) is 5.21. The van der Waals surface area contributed by atoms with Gasteiger partial charge in [0.25, 0.3) is 0 Å². The van der Waals surface area contributed by atoms with Gasteiger partial charge in [0.2, 0.25) is 11.8 Å². The smallest absolute Gasteiger partial charge is 0.225 e. The SMILES string of the molecule is CC(C)CCNC(=O)[C@@H]1CN(C(=O)C2CC2)C[C@H]1c1ccc(F)cc1. The number of hydrogen-bond acceptors (Lipinski definition) is 2. The number of nitrogens with zero attached hydrogens (tertiary/aromatic N) is 1. The predicted molar refractivity (Wildman–Crippen MR) is 94.4 cm³/mol. The highest BCUT2D eigenvalue weighted by atomic mass is 19.1. The quantitative estimate of drug-likeness (QED) is 0.861. The number of carbonyl (C=O) groups excluding carboxylic acids is 2. The summed E-state index contributed by atoms with van der Waals surface area (Å²) in [5.74, 6) is 0.236. The van der Waals surface area contributed by atoms with Crippen LogP contribution in [0.4, 0.5) is 4.39 Å². The van der Waals surface area contributed by atoms with Gasteiger partial charge < -0.3 is 10.2 Å². The van der Waals surface area contributed by atoms with Gasteiger partial charge >= 0.3 is 0 Å². The minimum Gasteiger partial charge on any atom is -0.356 e. The zero-order valence-corrected chi connectivity index (χ0v) is 15.0. The van der Waals surface area contributed by atoms with Crippen molar-refractivity contribution >= 4 is 11.8 Å². The zero-order chi connectivity index (χ0) is 18.0. The van der Waals surface area contributed by atoms with Crippen LogP contribution in [0.25, 0.3) is 0 Å². The highest BCUT2D eigenvalue weighted by Gasteiger charge is 2.43. The van der Waals surface area contributed by atoms with E-state index in [1.807, 2.05) is 4.90 Å². The molecule has 2 atom stereocenters. The molecule has 136 valence electrons. The molecule has 1 N–H and O–H groups in total.